The Hall–Kier alpha value is -0.0700. The maximum atomic E-state index is 5.65. The van der Waals surface area contributed by atoms with Crippen LogP contribution in [-0.4, -0.2) is 11.1 Å². The SMILES string of the molecule is Cc1cc(C2NCN(N)S2)ccc1Br. The van der Waals surface area contributed by atoms with Gasteiger partial charge in [0, 0.05) is 4.47 Å². The van der Waals surface area contributed by atoms with E-state index in [4.69, 9.17) is 5.84 Å². The van der Waals surface area contributed by atoms with E-state index in [2.05, 4.69) is 46.4 Å². The van der Waals surface area contributed by atoms with Crippen molar-refractivity contribution in [2.24, 2.45) is 5.84 Å². The van der Waals surface area contributed by atoms with E-state index in [0.29, 0.717) is 0 Å². The van der Waals surface area contributed by atoms with Crippen LogP contribution in [-0.2, 0) is 0 Å². The van der Waals surface area contributed by atoms with Crippen molar-refractivity contribution in [3.63, 3.8) is 0 Å². The van der Waals surface area contributed by atoms with Gasteiger partial charge >= 0.3 is 0 Å². The zero-order chi connectivity index (χ0) is 10.1. The fourth-order valence-electron chi connectivity index (χ4n) is 1.39. The third-order valence-corrected chi connectivity index (χ3v) is 4.10. The summed E-state index contributed by atoms with van der Waals surface area (Å²) in [6.07, 6.45) is 0. The van der Waals surface area contributed by atoms with Crippen molar-refractivity contribution < 1.29 is 0 Å². The van der Waals surface area contributed by atoms with Gasteiger partial charge in [-0.1, -0.05) is 28.1 Å². The lowest BCUT2D eigenvalue weighted by Gasteiger charge is -2.10. The summed E-state index contributed by atoms with van der Waals surface area (Å²) in [5, 5.41) is 3.60. The van der Waals surface area contributed by atoms with Crippen molar-refractivity contribution in [1.29, 1.82) is 0 Å². The Morgan fingerprint density at radius 2 is 2.43 bits per heavy atom. The van der Waals surface area contributed by atoms with Gasteiger partial charge in [0.05, 0.1) is 12.0 Å². The Morgan fingerprint density at radius 3 is 3.00 bits per heavy atom. The van der Waals surface area contributed by atoms with Crippen LogP contribution in [0.2, 0.25) is 0 Å². The second-order valence-electron chi connectivity index (χ2n) is 3.27. The molecule has 1 aliphatic heterocycles. The molecule has 0 amide bonds. The fourth-order valence-corrected chi connectivity index (χ4v) is 2.48. The molecule has 1 aromatic carbocycles. The molecular formula is C9H12BrN3S. The molecule has 0 saturated carbocycles. The maximum Gasteiger partial charge on any atom is 0.0960 e. The highest BCUT2D eigenvalue weighted by Gasteiger charge is 2.21. The highest BCUT2D eigenvalue weighted by Crippen LogP contribution is 2.32. The number of nitrogens with one attached hydrogen (secondary N) is 1. The van der Waals surface area contributed by atoms with Crippen LogP contribution in [0.25, 0.3) is 0 Å². The largest absolute Gasteiger partial charge is 0.286 e. The summed E-state index contributed by atoms with van der Waals surface area (Å²) < 4.78 is 2.86. The van der Waals surface area contributed by atoms with Crippen LogP contribution in [0.4, 0.5) is 0 Å². The molecule has 1 fully saturated rings. The van der Waals surface area contributed by atoms with Crippen molar-refractivity contribution in [2.45, 2.75) is 12.3 Å². The second kappa shape index (κ2) is 4.20. The summed E-state index contributed by atoms with van der Waals surface area (Å²) >= 11 is 5.11. The number of nitrogens with two attached hydrogens (primary N) is 1. The molecule has 0 radical (unpaired) electrons. The number of hydrazine groups is 1. The van der Waals surface area contributed by atoms with Crippen LogP contribution < -0.4 is 11.2 Å². The minimum atomic E-state index is 0.284. The first-order valence-corrected chi connectivity index (χ1v) is 5.98. The quantitative estimate of drug-likeness (QED) is 0.608. The van der Waals surface area contributed by atoms with Gasteiger partial charge in [0.15, 0.2) is 0 Å². The van der Waals surface area contributed by atoms with Crippen LogP contribution in [0.15, 0.2) is 22.7 Å². The monoisotopic (exact) mass is 273 g/mol. The average Bonchev–Trinajstić information content (AvgIpc) is 2.57. The summed E-state index contributed by atoms with van der Waals surface area (Å²) in [4.78, 5) is 0. The maximum absolute atomic E-state index is 5.65. The predicted molar refractivity (Wildman–Crippen MR) is 63.2 cm³/mol. The molecule has 1 atom stereocenters. The van der Waals surface area contributed by atoms with E-state index < -0.39 is 0 Å². The van der Waals surface area contributed by atoms with Gasteiger partial charge in [-0.15, -0.1) is 0 Å². The van der Waals surface area contributed by atoms with E-state index in [1.165, 1.54) is 11.1 Å². The molecule has 0 spiro atoms. The lowest BCUT2D eigenvalue weighted by Crippen LogP contribution is -2.24. The first-order valence-electron chi connectivity index (χ1n) is 4.35. The number of hydrogen-bond acceptors (Lipinski definition) is 4. The van der Waals surface area contributed by atoms with Gasteiger partial charge in [0.1, 0.15) is 0 Å². The van der Waals surface area contributed by atoms with E-state index in [9.17, 15) is 0 Å². The highest BCUT2D eigenvalue weighted by atomic mass is 79.9. The standard InChI is InChI=1S/C9H12BrN3S/c1-6-4-7(2-3-8(6)10)9-12-5-13(11)14-9/h2-4,9,12H,5,11H2,1H3. The molecule has 76 valence electrons. The summed E-state index contributed by atoms with van der Waals surface area (Å²) in [6, 6.07) is 6.36. The topological polar surface area (TPSA) is 41.3 Å². The number of benzene rings is 1. The molecule has 3 nitrogen and oxygen atoms in total. The van der Waals surface area contributed by atoms with Gasteiger partial charge in [0.25, 0.3) is 0 Å². The Kier molecular flexibility index (Phi) is 3.14. The summed E-state index contributed by atoms with van der Waals surface area (Å²) in [5.74, 6) is 5.65. The molecule has 3 N–H and O–H groups in total. The molecule has 5 heteroatoms. The van der Waals surface area contributed by atoms with E-state index in [-0.39, 0.29) is 5.37 Å². The van der Waals surface area contributed by atoms with Gasteiger partial charge in [0.2, 0.25) is 0 Å². The number of halogens is 1. The van der Waals surface area contributed by atoms with Gasteiger partial charge < -0.3 is 0 Å². The number of hydrogen-bond donors (Lipinski definition) is 2. The Morgan fingerprint density at radius 1 is 1.64 bits per heavy atom. The van der Waals surface area contributed by atoms with E-state index >= 15 is 0 Å². The van der Waals surface area contributed by atoms with Crippen molar-refractivity contribution in [3.05, 3.63) is 33.8 Å². The lowest BCUT2D eigenvalue weighted by molar-refractivity contribution is 0.483. The molecule has 0 aliphatic carbocycles. The molecule has 1 saturated heterocycles. The molecule has 1 aromatic rings. The van der Waals surface area contributed by atoms with Crippen molar-refractivity contribution in [1.82, 2.24) is 9.73 Å². The molecule has 1 unspecified atom stereocenters. The first-order chi connectivity index (χ1) is 6.66. The van der Waals surface area contributed by atoms with Crippen molar-refractivity contribution >= 4 is 27.9 Å². The molecule has 14 heavy (non-hydrogen) atoms. The summed E-state index contributed by atoms with van der Waals surface area (Å²) in [5.41, 5.74) is 2.52. The zero-order valence-corrected chi connectivity index (χ0v) is 10.2. The summed E-state index contributed by atoms with van der Waals surface area (Å²) in [6.45, 7) is 2.82. The van der Waals surface area contributed by atoms with Gasteiger partial charge in [-0.3, -0.25) is 11.2 Å². The Labute approximate surface area is 96.3 Å². The first kappa shape index (κ1) is 10.4. The predicted octanol–water partition coefficient (Wildman–Crippen LogP) is 2.14. The molecule has 0 aromatic heterocycles. The fraction of sp³-hybridized carbons (Fsp3) is 0.333. The third-order valence-electron chi connectivity index (χ3n) is 2.16. The van der Waals surface area contributed by atoms with Gasteiger partial charge in [-0.25, -0.2) is 0 Å². The Bertz CT molecular complexity index is 345. The second-order valence-corrected chi connectivity index (χ2v) is 5.28. The highest BCUT2D eigenvalue weighted by molar-refractivity contribution is 9.10. The van der Waals surface area contributed by atoms with E-state index in [1.54, 1.807) is 16.4 Å². The molecular weight excluding hydrogens is 262 g/mol. The molecule has 1 heterocycles. The van der Waals surface area contributed by atoms with Gasteiger partial charge in [-0.05, 0) is 36.1 Å². The van der Waals surface area contributed by atoms with Crippen LogP contribution in [0, 0.1) is 6.92 Å². The van der Waals surface area contributed by atoms with Crippen LogP contribution in [0.1, 0.15) is 16.5 Å². The normalized spacial score (nSPS) is 22.9. The zero-order valence-electron chi connectivity index (χ0n) is 7.83. The number of aryl methyl sites for hydroxylation is 1. The lowest BCUT2D eigenvalue weighted by atomic mass is 10.1. The smallest absolute Gasteiger partial charge is 0.0960 e. The molecule has 0 bridgehead atoms. The Balaban J connectivity index is 2.20. The summed E-state index contributed by atoms with van der Waals surface area (Å²) in [7, 11) is 0. The van der Waals surface area contributed by atoms with E-state index in [0.717, 1.165) is 11.1 Å². The third kappa shape index (κ3) is 2.12. The number of rotatable bonds is 1. The van der Waals surface area contributed by atoms with Crippen molar-refractivity contribution in [2.75, 3.05) is 6.67 Å². The number of nitrogens with zero attached hydrogens (tertiary/aromatic N) is 1. The van der Waals surface area contributed by atoms with Crippen LogP contribution in [0.5, 0.6) is 0 Å². The minimum absolute atomic E-state index is 0.284. The molecule has 2 rings (SSSR count). The van der Waals surface area contributed by atoms with Gasteiger partial charge in [-0.2, -0.15) is 4.41 Å². The van der Waals surface area contributed by atoms with Crippen molar-refractivity contribution in [3.8, 4) is 0 Å². The minimum Gasteiger partial charge on any atom is -0.286 e. The molecule has 1 aliphatic rings. The van der Waals surface area contributed by atoms with Crippen LogP contribution >= 0.6 is 27.9 Å². The van der Waals surface area contributed by atoms with E-state index in [1.807, 2.05) is 0 Å². The van der Waals surface area contributed by atoms with Crippen LogP contribution in [0.3, 0.4) is 0 Å². The average molecular weight is 274 g/mol.